The zero-order valence-corrected chi connectivity index (χ0v) is 8.06. The smallest absolute Gasteiger partial charge is 0.296 e. The number of benzene rings is 1. The lowest BCUT2D eigenvalue weighted by Gasteiger charge is -1.99. The van der Waals surface area contributed by atoms with E-state index in [1.165, 1.54) is 18.4 Å². The van der Waals surface area contributed by atoms with Crippen molar-refractivity contribution in [3.05, 3.63) is 40.4 Å². The summed E-state index contributed by atoms with van der Waals surface area (Å²) in [5, 5.41) is 3.66. The fraction of sp³-hybridized carbons (Fsp3) is 0.273. The second kappa shape index (κ2) is 3.08. The molecule has 0 radical (unpaired) electrons. The van der Waals surface area contributed by atoms with E-state index in [1.54, 1.807) is 0 Å². The first-order valence-electron chi connectivity index (χ1n) is 4.99. The van der Waals surface area contributed by atoms with E-state index in [1.807, 2.05) is 12.1 Å². The van der Waals surface area contributed by atoms with Gasteiger partial charge in [0.05, 0.1) is 0 Å². The topological polar surface area (TPSA) is 58.9 Å². The molecule has 0 bridgehead atoms. The van der Waals surface area contributed by atoms with Crippen LogP contribution in [0.1, 0.15) is 24.3 Å². The molecular formula is C11H10N2O2. The number of nitrogens with zero attached hydrogens (tertiary/aromatic N) is 1. The molecule has 1 aliphatic rings. The van der Waals surface area contributed by atoms with Crippen LogP contribution in [0.25, 0.3) is 11.4 Å². The van der Waals surface area contributed by atoms with Crippen molar-refractivity contribution in [2.45, 2.75) is 18.8 Å². The lowest BCUT2D eigenvalue weighted by atomic mass is 10.1. The second-order valence-electron chi connectivity index (χ2n) is 3.84. The highest BCUT2D eigenvalue weighted by Crippen LogP contribution is 2.40. The van der Waals surface area contributed by atoms with Crippen molar-refractivity contribution in [2.75, 3.05) is 0 Å². The van der Waals surface area contributed by atoms with Crippen LogP contribution in [0.5, 0.6) is 0 Å². The molecule has 0 atom stereocenters. The first kappa shape index (κ1) is 8.47. The number of aromatic amines is 1. The van der Waals surface area contributed by atoms with Gasteiger partial charge in [0.2, 0.25) is 0 Å². The highest BCUT2D eigenvalue weighted by molar-refractivity contribution is 5.55. The van der Waals surface area contributed by atoms with Crippen LogP contribution in [0.3, 0.4) is 0 Å². The Bertz CT molecular complexity index is 537. The SMILES string of the molecule is O=c1[nH]c(-c2cccc(C3CC3)c2)no1. The number of rotatable bonds is 2. The lowest BCUT2D eigenvalue weighted by molar-refractivity contribution is 0.388. The quantitative estimate of drug-likeness (QED) is 0.809. The predicted octanol–water partition coefficient (Wildman–Crippen LogP) is 1.91. The molecule has 1 aliphatic carbocycles. The summed E-state index contributed by atoms with van der Waals surface area (Å²) >= 11 is 0. The van der Waals surface area contributed by atoms with Crippen LogP contribution in [0.4, 0.5) is 0 Å². The highest BCUT2D eigenvalue weighted by atomic mass is 16.5. The molecule has 76 valence electrons. The summed E-state index contributed by atoms with van der Waals surface area (Å²) in [6.07, 6.45) is 2.53. The summed E-state index contributed by atoms with van der Waals surface area (Å²) in [5.41, 5.74) is 2.22. The third-order valence-electron chi connectivity index (χ3n) is 2.65. The first-order valence-corrected chi connectivity index (χ1v) is 4.99. The summed E-state index contributed by atoms with van der Waals surface area (Å²) in [6, 6.07) is 8.07. The molecule has 0 amide bonds. The van der Waals surface area contributed by atoms with Gasteiger partial charge in [-0.1, -0.05) is 23.4 Å². The van der Waals surface area contributed by atoms with Gasteiger partial charge in [-0.15, -0.1) is 0 Å². The Morgan fingerprint density at radius 3 is 2.93 bits per heavy atom. The fourth-order valence-corrected chi connectivity index (χ4v) is 1.71. The first-order chi connectivity index (χ1) is 7.33. The largest absolute Gasteiger partial charge is 0.439 e. The normalized spacial score (nSPS) is 15.5. The van der Waals surface area contributed by atoms with Gasteiger partial charge in [0.25, 0.3) is 0 Å². The van der Waals surface area contributed by atoms with Gasteiger partial charge in [-0.3, -0.25) is 9.51 Å². The van der Waals surface area contributed by atoms with Gasteiger partial charge in [-0.25, -0.2) is 4.79 Å². The zero-order chi connectivity index (χ0) is 10.3. The van der Waals surface area contributed by atoms with Crippen LogP contribution in [0.2, 0.25) is 0 Å². The molecule has 2 aromatic rings. The van der Waals surface area contributed by atoms with E-state index < -0.39 is 5.76 Å². The maximum atomic E-state index is 10.8. The third-order valence-corrected chi connectivity index (χ3v) is 2.65. The Kier molecular flexibility index (Phi) is 1.74. The molecule has 1 saturated carbocycles. The number of nitrogens with one attached hydrogen (secondary N) is 1. The molecule has 0 saturated heterocycles. The molecule has 1 aromatic heterocycles. The van der Waals surface area contributed by atoms with Crippen LogP contribution < -0.4 is 5.76 Å². The van der Waals surface area contributed by atoms with Crippen molar-refractivity contribution in [1.29, 1.82) is 0 Å². The van der Waals surface area contributed by atoms with E-state index in [0.717, 1.165) is 5.56 Å². The molecule has 3 rings (SSSR count). The summed E-state index contributed by atoms with van der Waals surface area (Å²) in [4.78, 5) is 13.4. The fourth-order valence-electron chi connectivity index (χ4n) is 1.71. The number of hydrogen-bond donors (Lipinski definition) is 1. The molecule has 0 spiro atoms. The van der Waals surface area contributed by atoms with Gasteiger partial charge in [-0.2, -0.15) is 0 Å². The summed E-state index contributed by atoms with van der Waals surface area (Å²) in [5.74, 6) is 0.688. The Morgan fingerprint density at radius 1 is 1.40 bits per heavy atom. The number of hydrogen-bond acceptors (Lipinski definition) is 3. The average molecular weight is 202 g/mol. The van der Waals surface area contributed by atoms with Crippen molar-refractivity contribution in [3.63, 3.8) is 0 Å². The predicted molar refractivity (Wildman–Crippen MR) is 54.5 cm³/mol. The Labute approximate surface area is 85.9 Å². The van der Waals surface area contributed by atoms with Crippen LogP contribution in [0, 0.1) is 0 Å². The van der Waals surface area contributed by atoms with Gasteiger partial charge in [0, 0.05) is 5.56 Å². The standard InChI is InChI=1S/C11H10N2O2/c14-11-12-10(13-15-11)9-3-1-2-8(6-9)7-4-5-7/h1-3,6-7H,4-5H2,(H,12,13,14). The van der Waals surface area contributed by atoms with E-state index in [9.17, 15) is 4.79 Å². The second-order valence-corrected chi connectivity index (χ2v) is 3.84. The monoisotopic (exact) mass is 202 g/mol. The van der Waals surface area contributed by atoms with E-state index in [0.29, 0.717) is 11.7 Å². The van der Waals surface area contributed by atoms with Crippen molar-refractivity contribution < 1.29 is 4.52 Å². The molecular weight excluding hydrogens is 192 g/mol. The molecule has 4 nitrogen and oxygen atoms in total. The summed E-state index contributed by atoms with van der Waals surface area (Å²) in [7, 11) is 0. The number of aromatic nitrogens is 2. The molecule has 0 unspecified atom stereocenters. The van der Waals surface area contributed by atoms with Gasteiger partial charge in [0.15, 0.2) is 5.82 Å². The molecule has 4 heteroatoms. The van der Waals surface area contributed by atoms with E-state index >= 15 is 0 Å². The van der Waals surface area contributed by atoms with Crippen LogP contribution in [-0.2, 0) is 0 Å². The zero-order valence-electron chi connectivity index (χ0n) is 8.06. The molecule has 0 aliphatic heterocycles. The Morgan fingerprint density at radius 2 is 2.27 bits per heavy atom. The average Bonchev–Trinajstić information content (AvgIpc) is 3.02. The molecule has 1 N–H and O–H groups in total. The summed E-state index contributed by atoms with van der Waals surface area (Å²) < 4.78 is 4.47. The third kappa shape index (κ3) is 1.58. The lowest BCUT2D eigenvalue weighted by Crippen LogP contribution is -1.94. The van der Waals surface area contributed by atoms with Crippen molar-refractivity contribution >= 4 is 0 Å². The van der Waals surface area contributed by atoms with Gasteiger partial charge in [0.1, 0.15) is 0 Å². The maximum absolute atomic E-state index is 10.8. The minimum atomic E-state index is -0.512. The van der Waals surface area contributed by atoms with Crippen molar-refractivity contribution in [2.24, 2.45) is 0 Å². The molecule has 15 heavy (non-hydrogen) atoms. The van der Waals surface area contributed by atoms with E-state index in [4.69, 9.17) is 0 Å². The van der Waals surface area contributed by atoms with Crippen LogP contribution >= 0.6 is 0 Å². The van der Waals surface area contributed by atoms with Crippen LogP contribution in [-0.4, -0.2) is 10.1 Å². The van der Waals surface area contributed by atoms with Gasteiger partial charge in [-0.05, 0) is 30.4 Å². The van der Waals surface area contributed by atoms with Gasteiger partial charge < -0.3 is 0 Å². The number of H-pyrrole nitrogens is 1. The maximum Gasteiger partial charge on any atom is 0.439 e. The Balaban J connectivity index is 2.04. The highest BCUT2D eigenvalue weighted by Gasteiger charge is 2.23. The minimum Gasteiger partial charge on any atom is -0.296 e. The van der Waals surface area contributed by atoms with Crippen molar-refractivity contribution in [3.8, 4) is 11.4 Å². The molecule has 1 fully saturated rings. The minimum absolute atomic E-state index is 0.502. The molecule has 1 aromatic carbocycles. The van der Waals surface area contributed by atoms with E-state index in [-0.39, 0.29) is 0 Å². The Hall–Kier alpha value is -1.84. The van der Waals surface area contributed by atoms with E-state index in [2.05, 4.69) is 26.8 Å². The van der Waals surface area contributed by atoms with Crippen molar-refractivity contribution in [1.82, 2.24) is 10.1 Å². The molecule has 1 heterocycles. The van der Waals surface area contributed by atoms with Crippen LogP contribution in [0.15, 0.2) is 33.6 Å². The van der Waals surface area contributed by atoms with Gasteiger partial charge >= 0.3 is 5.76 Å². The summed E-state index contributed by atoms with van der Waals surface area (Å²) in [6.45, 7) is 0.